The van der Waals surface area contributed by atoms with E-state index < -0.39 is 0 Å². The highest BCUT2D eigenvalue weighted by Gasteiger charge is 2.29. The van der Waals surface area contributed by atoms with Gasteiger partial charge in [-0.1, -0.05) is 30.7 Å². The summed E-state index contributed by atoms with van der Waals surface area (Å²) in [4.78, 5) is 11.4. The fraction of sp³-hybridized carbons (Fsp3) is 0.391. The minimum Gasteiger partial charge on any atom is -0.497 e. The topological polar surface area (TPSA) is 47.5 Å². The quantitative estimate of drug-likeness (QED) is 0.686. The highest BCUT2D eigenvalue weighted by Crippen LogP contribution is 2.45. The summed E-state index contributed by atoms with van der Waals surface area (Å²) < 4.78 is 10.9. The Morgan fingerprint density at radius 3 is 2.61 bits per heavy atom. The molecule has 0 fully saturated rings. The van der Waals surface area contributed by atoms with Crippen LogP contribution >= 0.6 is 0 Å². The van der Waals surface area contributed by atoms with Crippen LogP contribution in [0.3, 0.4) is 0 Å². The summed E-state index contributed by atoms with van der Waals surface area (Å²) in [5.74, 6) is 1.63. The smallest absolute Gasteiger partial charge is 0.235 e. The first-order chi connectivity index (χ1) is 13.7. The summed E-state index contributed by atoms with van der Waals surface area (Å²) in [5, 5.41) is 0. The molecule has 1 aliphatic heterocycles. The average Bonchev–Trinajstić information content (AvgIpc) is 3.38. The minimum atomic E-state index is 0.116. The molecule has 2 aromatic rings. The molecule has 0 radical (unpaired) electrons. The summed E-state index contributed by atoms with van der Waals surface area (Å²) in [6.07, 6.45) is 9.94. The average molecular weight is 377 g/mol. The fourth-order valence-corrected chi connectivity index (χ4v) is 4.31. The molecule has 1 aromatic carbocycles. The number of allylic oxidation sites excluding steroid dienone is 1. The van der Waals surface area contributed by atoms with Crippen molar-refractivity contribution >= 4 is 5.57 Å². The normalized spacial score (nSPS) is 17.1. The third kappa shape index (κ3) is 3.54. The first-order valence-electron chi connectivity index (χ1n) is 9.82. The number of rotatable bonds is 7. The molecule has 0 saturated heterocycles. The Bertz CT molecular complexity index is 912. The van der Waals surface area contributed by atoms with Gasteiger partial charge in [0.05, 0.1) is 14.2 Å². The number of methoxy groups -OCH3 is 2. The summed E-state index contributed by atoms with van der Waals surface area (Å²) in [5.41, 5.74) is 6.37. The Kier molecular flexibility index (Phi) is 5.44. The predicted octanol–water partition coefficient (Wildman–Crippen LogP) is 3.87. The van der Waals surface area contributed by atoms with Crippen LogP contribution in [0, 0.1) is 0 Å². The van der Waals surface area contributed by atoms with Crippen LogP contribution in [0.15, 0.2) is 48.3 Å². The lowest BCUT2D eigenvalue weighted by Crippen LogP contribution is -2.21. The zero-order valence-corrected chi connectivity index (χ0v) is 16.8. The van der Waals surface area contributed by atoms with Gasteiger partial charge in [-0.2, -0.15) is 0 Å². The molecule has 0 saturated carbocycles. The van der Waals surface area contributed by atoms with Crippen molar-refractivity contribution in [1.29, 1.82) is 0 Å². The van der Waals surface area contributed by atoms with Crippen molar-refractivity contribution < 1.29 is 9.47 Å². The van der Waals surface area contributed by atoms with Crippen molar-refractivity contribution in [3.05, 3.63) is 65.1 Å². The summed E-state index contributed by atoms with van der Waals surface area (Å²) in [7, 11) is 3.38. The second kappa shape index (κ2) is 8.15. The van der Waals surface area contributed by atoms with E-state index in [0.717, 1.165) is 43.9 Å². The maximum Gasteiger partial charge on any atom is 0.235 e. The lowest BCUT2D eigenvalue weighted by molar-refractivity contribution is 0.356. The van der Waals surface area contributed by atoms with Crippen molar-refractivity contribution in [1.82, 2.24) is 14.9 Å². The molecule has 0 bridgehead atoms. The van der Waals surface area contributed by atoms with Crippen LogP contribution in [0.4, 0.5) is 0 Å². The van der Waals surface area contributed by atoms with Crippen molar-refractivity contribution in [2.45, 2.75) is 25.7 Å². The molecule has 5 nitrogen and oxygen atoms in total. The van der Waals surface area contributed by atoms with Crippen LogP contribution in [0.1, 0.15) is 36.1 Å². The largest absolute Gasteiger partial charge is 0.497 e. The molecule has 0 amide bonds. The maximum absolute atomic E-state index is 5.49. The first-order valence-corrected chi connectivity index (χ1v) is 9.82. The van der Waals surface area contributed by atoms with Crippen LogP contribution in [0.5, 0.6) is 11.6 Å². The molecule has 1 atom stereocenters. The van der Waals surface area contributed by atoms with E-state index in [0.29, 0.717) is 5.88 Å². The SMILES string of the molecule is COc1ccc2c(c1)CC(CCN1CC=CC1)=C2C(C)c1nccnc1OC. The second-order valence-corrected chi connectivity index (χ2v) is 7.37. The number of nitrogens with zero attached hydrogens (tertiary/aromatic N) is 3. The molecule has 146 valence electrons. The molecule has 1 aromatic heterocycles. The van der Waals surface area contributed by atoms with E-state index in [9.17, 15) is 0 Å². The molecule has 0 spiro atoms. The summed E-state index contributed by atoms with van der Waals surface area (Å²) >= 11 is 0. The van der Waals surface area contributed by atoms with E-state index in [4.69, 9.17) is 9.47 Å². The van der Waals surface area contributed by atoms with Crippen molar-refractivity contribution in [2.75, 3.05) is 33.9 Å². The summed E-state index contributed by atoms with van der Waals surface area (Å²) in [6.45, 7) is 5.38. The van der Waals surface area contributed by atoms with Gasteiger partial charge in [0.1, 0.15) is 11.4 Å². The Labute approximate surface area is 166 Å². The van der Waals surface area contributed by atoms with Crippen LogP contribution in [0.2, 0.25) is 0 Å². The van der Waals surface area contributed by atoms with Crippen LogP contribution in [-0.2, 0) is 6.42 Å². The molecule has 1 unspecified atom stereocenters. The predicted molar refractivity (Wildman–Crippen MR) is 111 cm³/mol. The first kappa shape index (κ1) is 18.7. The molecule has 5 heteroatoms. The highest BCUT2D eigenvalue weighted by atomic mass is 16.5. The van der Waals surface area contributed by atoms with Crippen LogP contribution in [0.25, 0.3) is 5.57 Å². The molecular formula is C23H27N3O2. The monoisotopic (exact) mass is 377 g/mol. The Hall–Kier alpha value is -2.66. The van der Waals surface area contributed by atoms with Crippen LogP contribution < -0.4 is 9.47 Å². The maximum atomic E-state index is 5.49. The fourth-order valence-electron chi connectivity index (χ4n) is 4.31. The number of hydrogen-bond donors (Lipinski definition) is 0. The molecule has 1 aliphatic carbocycles. The minimum absolute atomic E-state index is 0.116. The van der Waals surface area contributed by atoms with Gasteiger partial charge in [0.15, 0.2) is 0 Å². The van der Waals surface area contributed by atoms with E-state index in [1.807, 2.05) is 6.07 Å². The van der Waals surface area contributed by atoms with E-state index in [2.05, 4.69) is 46.1 Å². The Morgan fingerprint density at radius 2 is 1.86 bits per heavy atom. The second-order valence-electron chi connectivity index (χ2n) is 7.37. The van der Waals surface area contributed by atoms with Gasteiger partial charge in [0.25, 0.3) is 0 Å². The lowest BCUT2D eigenvalue weighted by atomic mass is 9.90. The van der Waals surface area contributed by atoms with Crippen molar-refractivity contribution in [2.24, 2.45) is 0 Å². The third-order valence-electron chi connectivity index (χ3n) is 5.74. The molecule has 28 heavy (non-hydrogen) atoms. The van der Waals surface area contributed by atoms with E-state index in [-0.39, 0.29) is 5.92 Å². The molecule has 0 N–H and O–H groups in total. The van der Waals surface area contributed by atoms with Gasteiger partial charge in [-0.3, -0.25) is 9.88 Å². The van der Waals surface area contributed by atoms with Gasteiger partial charge in [0.2, 0.25) is 5.88 Å². The van der Waals surface area contributed by atoms with E-state index in [1.165, 1.54) is 22.3 Å². The standard InChI is InChI=1S/C23H27N3O2/c1-16(22-23(28-3)25-10-9-24-22)21-17(8-13-26-11-4-5-12-26)14-18-15-19(27-2)6-7-20(18)21/h4-7,9-10,15-16H,8,11-14H2,1-3H3. The third-order valence-corrected chi connectivity index (χ3v) is 5.74. The van der Waals surface area contributed by atoms with Crippen molar-refractivity contribution in [3.8, 4) is 11.6 Å². The molecule has 4 rings (SSSR count). The molecular weight excluding hydrogens is 350 g/mol. The van der Waals surface area contributed by atoms with Gasteiger partial charge < -0.3 is 9.47 Å². The number of aromatic nitrogens is 2. The summed E-state index contributed by atoms with van der Waals surface area (Å²) in [6, 6.07) is 6.40. The van der Waals surface area contributed by atoms with E-state index >= 15 is 0 Å². The Balaban J connectivity index is 1.69. The molecule has 2 aliphatic rings. The number of fused-ring (bicyclic) bond motifs is 1. The number of hydrogen-bond acceptors (Lipinski definition) is 5. The van der Waals surface area contributed by atoms with Gasteiger partial charge in [-0.05, 0) is 41.7 Å². The lowest BCUT2D eigenvalue weighted by Gasteiger charge is -2.20. The van der Waals surface area contributed by atoms with E-state index in [1.54, 1.807) is 26.6 Å². The number of benzene rings is 1. The molecule has 2 heterocycles. The number of ether oxygens (including phenoxy) is 2. The van der Waals surface area contributed by atoms with Crippen molar-refractivity contribution in [3.63, 3.8) is 0 Å². The van der Waals surface area contributed by atoms with Gasteiger partial charge in [-0.15, -0.1) is 0 Å². The zero-order valence-electron chi connectivity index (χ0n) is 16.8. The highest BCUT2D eigenvalue weighted by molar-refractivity contribution is 5.81. The van der Waals surface area contributed by atoms with Gasteiger partial charge in [0, 0.05) is 37.9 Å². The zero-order chi connectivity index (χ0) is 19.5. The Morgan fingerprint density at radius 1 is 1.07 bits per heavy atom. The van der Waals surface area contributed by atoms with Crippen LogP contribution in [-0.4, -0.2) is 48.7 Å². The van der Waals surface area contributed by atoms with Gasteiger partial charge in [-0.25, -0.2) is 4.98 Å². The van der Waals surface area contributed by atoms with Gasteiger partial charge >= 0.3 is 0 Å².